The van der Waals surface area contributed by atoms with Crippen molar-refractivity contribution >= 4 is 5.69 Å². The first-order valence-electron chi connectivity index (χ1n) is 10.6. The van der Waals surface area contributed by atoms with Crippen LogP contribution in [0.1, 0.15) is 90.5 Å². The lowest BCUT2D eigenvalue weighted by atomic mass is 10.1. The van der Waals surface area contributed by atoms with Crippen molar-refractivity contribution in [1.29, 1.82) is 0 Å². The number of hydrogen-bond donors (Lipinski definition) is 0. The summed E-state index contributed by atoms with van der Waals surface area (Å²) < 4.78 is 1.20. The Morgan fingerprint density at radius 2 is 1.08 bits per heavy atom. The molecule has 0 aliphatic carbocycles. The Hall–Kier alpha value is -0.530. The van der Waals surface area contributed by atoms with Crippen LogP contribution < -0.4 is 16.9 Å². The summed E-state index contributed by atoms with van der Waals surface area (Å²) in [5.74, 6) is 0. The van der Waals surface area contributed by atoms with Gasteiger partial charge in [-0.25, -0.2) is 0 Å². The lowest BCUT2D eigenvalue weighted by molar-refractivity contribution is -0.00000540. The zero-order valence-corrected chi connectivity index (χ0v) is 18.1. The summed E-state index contributed by atoms with van der Waals surface area (Å²) in [6.45, 7) is 13.1. The first-order valence-corrected chi connectivity index (χ1v) is 10.6. The van der Waals surface area contributed by atoms with Gasteiger partial charge in [0.1, 0.15) is 5.69 Å². The Bertz CT molecular complexity index is 407. The molecule has 0 unspecified atom stereocenters. The third-order valence-electron chi connectivity index (χ3n) is 5.32. The topological polar surface area (TPSA) is 0 Å². The molecule has 1 aromatic rings. The molecule has 1 aromatic carbocycles. The molecule has 2 heteroatoms. The standard InChI is InChI=1S/C23H42N.ClH/c1-5-8-9-10-11-12-13-14-21-24(19-6-2,20-7-3)23-17-15-22(4)16-18-23;/h15-18H,5-14,19-21H2,1-4H3;1H/q+1;/p-1. The van der Waals surface area contributed by atoms with Crippen LogP contribution in [0.25, 0.3) is 0 Å². The number of quaternary nitrogens is 1. The fourth-order valence-electron chi connectivity index (χ4n) is 3.99. The van der Waals surface area contributed by atoms with Crippen LogP contribution in [-0.2, 0) is 0 Å². The number of nitrogens with zero attached hydrogens (tertiary/aromatic N) is 1. The van der Waals surface area contributed by atoms with E-state index in [4.69, 9.17) is 0 Å². The molecule has 1 nitrogen and oxygen atoms in total. The second-order valence-corrected chi connectivity index (χ2v) is 7.63. The molecule has 0 atom stereocenters. The zero-order chi connectivity index (χ0) is 17.7. The summed E-state index contributed by atoms with van der Waals surface area (Å²) in [5.41, 5.74) is 2.91. The Balaban J connectivity index is 0.00000576. The molecule has 0 saturated carbocycles. The molecular weight excluding hydrogens is 326 g/mol. The molecule has 0 aliphatic heterocycles. The van der Waals surface area contributed by atoms with E-state index in [-0.39, 0.29) is 12.4 Å². The average Bonchev–Trinajstić information content (AvgIpc) is 2.58. The van der Waals surface area contributed by atoms with E-state index < -0.39 is 0 Å². The van der Waals surface area contributed by atoms with Crippen LogP contribution in [0.15, 0.2) is 24.3 Å². The highest BCUT2D eigenvalue weighted by atomic mass is 35.5. The molecule has 0 aromatic heterocycles. The normalized spacial score (nSPS) is 11.4. The van der Waals surface area contributed by atoms with Gasteiger partial charge in [0.15, 0.2) is 0 Å². The van der Waals surface area contributed by atoms with Crippen molar-refractivity contribution in [2.75, 3.05) is 19.6 Å². The summed E-state index contributed by atoms with van der Waals surface area (Å²) in [6.07, 6.45) is 13.8. The van der Waals surface area contributed by atoms with Gasteiger partial charge in [-0.3, -0.25) is 4.48 Å². The Kier molecular flexibility index (Phi) is 14.3. The van der Waals surface area contributed by atoms with Crippen molar-refractivity contribution in [3.8, 4) is 0 Å². The number of hydrogen-bond acceptors (Lipinski definition) is 0. The van der Waals surface area contributed by atoms with Gasteiger partial charge in [-0.15, -0.1) is 0 Å². The van der Waals surface area contributed by atoms with Crippen molar-refractivity contribution in [2.24, 2.45) is 0 Å². The summed E-state index contributed by atoms with van der Waals surface area (Å²) in [5, 5.41) is 0. The van der Waals surface area contributed by atoms with Crippen LogP contribution in [0.4, 0.5) is 5.69 Å². The molecule has 146 valence electrons. The maximum absolute atomic E-state index is 2.38. The van der Waals surface area contributed by atoms with Crippen molar-refractivity contribution in [3.63, 3.8) is 0 Å². The number of halogens is 1. The Labute approximate surface area is 164 Å². The minimum atomic E-state index is 0. The van der Waals surface area contributed by atoms with Gasteiger partial charge in [0.05, 0.1) is 19.6 Å². The van der Waals surface area contributed by atoms with E-state index >= 15 is 0 Å². The fraction of sp³-hybridized carbons (Fsp3) is 0.739. The second-order valence-electron chi connectivity index (χ2n) is 7.63. The van der Waals surface area contributed by atoms with E-state index in [1.54, 1.807) is 0 Å². The van der Waals surface area contributed by atoms with Gasteiger partial charge in [-0.1, -0.05) is 77.0 Å². The predicted molar refractivity (Wildman–Crippen MR) is 111 cm³/mol. The van der Waals surface area contributed by atoms with Crippen LogP contribution in [0.2, 0.25) is 0 Å². The first kappa shape index (κ1) is 24.5. The highest BCUT2D eigenvalue weighted by molar-refractivity contribution is 5.44. The summed E-state index contributed by atoms with van der Waals surface area (Å²) in [6, 6.07) is 9.35. The van der Waals surface area contributed by atoms with Crippen LogP contribution in [0.3, 0.4) is 0 Å². The SMILES string of the molecule is CCCCCCCCCC[N+](CCC)(CCC)c1ccc(C)cc1.[Cl-]. The van der Waals surface area contributed by atoms with Gasteiger partial charge in [-0.05, 0) is 44.7 Å². The Morgan fingerprint density at radius 1 is 0.600 bits per heavy atom. The Morgan fingerprint density at radius 3 is 1.56 bits per heavy atom. The van der Waals surface area contributed by atoms with Crippen molar-refractivity contribution in [3.05, 3.63) is 29.8 Å². The van der Waals surface area contributed by atoms with Crippen molar-refractivity contribution in [2.45, 2.75) is 91.9 Å². The predicted octanol–water partition coefficient (Wildman–Crippen LogP) is 4.27. The molecule has 1 rings (SSSR count). The lowest BCUT2D eigenvalue weighted by Gasteiger charge is -2.38. The molecule has 25 heavy (non-hydrogen) atoms. The first-order chi connectivity index (χ1) is 11.7. The summed E-state index contributed by atoms with van der Waals surface area (Å²) >= 11 is 0. The van der Waals surface area contributed by atoms with Gasteiger partial charge in [-0.2, -0.15) is 0 Å². The molecule has 0 N–H and O–H groups in total. The van der Waals surface area contributed by atoms with Crippen LogP contribution in [0.5, 0.6) is 0 Å². The van der Waals surface area contributed by atoms with E-state index in [1.807, 2.05) is 0 Å². The molecule has 0 spiro atoms. The average molecular weight is 368 g/mol. The molecule has 0 aliphatic rings. The molecule has 0 fully saturated rings. The number of benzene rings is 1. The van der Waals surface area contributed by atoms with E-state index in [0.29, 0.717) is 0 Å². The van der Waals surface area contributed by atoms with E-state index in [1.165, 1.54) is 99.6 Å². The molecule has 0 bridgehead atoms. The van der Waals surface area contributed by atoms with E-state index in [0.717, 1.165) is 0 Å². The molecule has 0 radical (unpaired) electrons. The minimum Gasteiger partial charge on any atom is -1.00 e. The minimum absolute atomic E-state index is 0. The number of rotatable bonds is 14. The quantitative estimate of drug-likeness (QED) is 0.340. The van der Waals surface area contributed by atoms with Crippen LogP contribution in [-0.4, -0.2) is 19.6 Å². The second kappa shape index (κ2) is 14.6. The monoisotopic (exact) mass is 367 g/mol. The van der Waals surface area contributed by atoms with Crippen LogP contribution in [0, 0.1) is 6.92 Å². The number of aryl methyl sites for hydroxylation is 1. The van der Waals surface area contributed by atoms with E-state index in [2.05, 4.69) is 52.0 Å². The fourth-order valence-corrected chi connectivity index (χ4v) is 3.99. The van der Waals surface area contributed by atoms with Gasteiger partial charge in [0.25, 0.3) is 0 Å². The highest BCUT2D eigenvalue weighted by Crippen LogP contribution is 2.26. The smallest absolute Gasteiger partial charge is 0.132 e. The lowest BCUT2D eigenvalue weighted by Crippen LogP contribution is -3.00. The maximum atomic E-state index is 2.38. The van der Waals surface area contributed by atoms with Gasteiger partial charge in [0, 0.05) is 0 Å². The maximum Gasteiger partial charge on any atom is 0.132 e. The van der Waals surface area contributed by atoms with Crippen molar-refractivity contribution in [1.82, 2.24) is 4.48 Å². The molecule has 0 saturated heterocycles. The third-order valence-corrected chi connectivity index (χ3v) is 5.32. The highest BCUT2D eigenvalue weighted by Gasteiger charge is 2.27. The van der Waals surface area contributed by atoms with Crippen LogP contribution >= 0.6 is 0 Å². The third kappa shape index (κ3) is 9.11. The molecule has 0 heterocycles. The summed E-state index contributed by atoms with van der Waals surface area (Å²) in [4.78, 5) is 0. The van der Waals surface area contributed by atoms with E-state index in [9.17, 15) is 0 Å². The number of unbranched alkanes of at least 4 members (excludes halogenated alkanes) is 7. The zero-order valence-electron chi connectivity index (χ0n) is 17.3. The molecule has 0 amide bonds. The summed E-state index contributed by atoms with van der Waals surface area (Å²) in [7, 11) is 0. The van der Waals surface area contributed by atoms with Gasteiger partial charge < -0.3 is 12.4 Å². The molecular formula is C23H42ClN. The largest absolute Gasteiger partial charge is 1.00 e. The van der Waals surface area contributed by atoms with Crippen molar-refractivity contribution < 1.29 is 12.4 Å². The van der Waals surface area contributed by atoms with Gasteiger partial charge >= 0.3 is 0 Å². The van der Waals surface area contributed by atoms with Gasteiger partial charge in [0.2, 0.25) is 0 Å².